The highest BCUT2D eigenvalue weighted by atomic mass is 79.9. The monoisotopic (exact) mass is 295 g/mol. The number of carbonyl (C=O) groups excluding carboxylic acids is 1. The quantitative estimate of drug-likeness (QED) is 0.736. The second-order valence-corrected chi connectivity index (χ2v) is 5.61. The van der Waals surface area contributed by atoms with Crippen molar-refractivity contribution < 1.29 is 9.53 Å². The van der Waals surface area contributed by atoms with Gasteiger partial charge in [-0.25, -0.2) is 0 Å². The molecule has 2 heterocycles. The van der Waals surface area contributed by atoms with Crippen LogP contribution in [0.5, 0.6) is 0 Å². The van der Waals surface area contributed by atoms with Gasteiger partial charge in [-0.2, -0.15) is 0 Å². The van der Waals surface area contributed by atoms with Crippen molar-refractivity contribution in [1.29, 1.82) is 0 Å². The summed E-state index contributed by atoms with van der Waals surface area (Å²) < 4.78 is 6.47. The van der Waals surface area contributed by atoms with Gasteiger partial charge in [-0.05, 0) is 36.6 Å². The molecule has 0 bridgehead atoms. The maximum atomic E-state index is 12.3. The molecule has 2 aliphatic rings. The molecule has 0 aliphatic carbocycles. The number of hydrogen-bond acceptors (Lipinski definition) is 2. The fourth-order valence-electron chi connectivity index (χ4n) is 2.96. The summed E-state index contributed by atoms with van der Waals surface area (Å²) in [7, 11) is 1.90. The Balaban J connectivity index is 2.18. The van der Waals surface area contributed by atoms with Crippen LogP contribution in [0.3, 0.4) is 0 Å². The third-order valence-corrected chi connectivity index (χ3v) is 4.47. The van der Waals surface area contributed by atoms with Crippen molar-refractivity contribution in [3.63, 3.8) is 0 Å². The maximum Gasteiger partial charge on any atom is 0.254 e. The summed E-state index contributed by atoms with van der Waals surface area (Å²) in [6.07, 6.45) is 1.78. The van der Waals surface area contributed by atoms with Gasteiger partial charge in [0.15, 0.2) is 0 Å². The van der Waals surface area contributed by atoms with Crippen molar-refractivity contribution in [1.82, 2.24) is 4.90 Å². The van der Waals surface area contributed by atoms with Gasteiger partial charge in [0.05, 0.1) is 5.54 Å². The minimum absolute atomic E-state index is 0.134. The van der Waals surface area contributed by atoms with E-state index in [1.54, 1.807) is 0 Å². The Morgan fingerprint density at radius 1 is 1.35 bits per heavy atom. The molecule has 0 unspecified atom stereocenters. The van der Waals surface area contributed by atoms with Crippen LogP contribution in [0, 0.1) is 0 Å². The number of carbonyl (C=O) groups is 1. The summed E-state index contributed by atoms with van der Waals surface area (Å²) in [6.45, 7) is 1.45. The molecule has 0 atom stereocenters. The van der Waals surface area contributed by atoms with Crippen molar-refractivity contribution in [2.24, 2.45) is 0 Å². The number of nitrogens with zero attached hydrogens (tertiary/aromatic N) is 1. The van der Waals surface area contributed by atoms with Gasteiger partial charge >= 0.3 is 0 Å². The Labute approximate surface area is 109 Å². The fraction of sp³-hybridized carbons (Fsp3) is 0.462. The molecular formula is C13H14BrNO2. The van der Waals surface area contributed by atoms with Crippen LogP contribution in [-0.4, -0.2) is 31.1 Å². The lowest BCUT2D eigenvalue weighted by Gasteiger charge is -2.40. The average molecular weight is 296 g/mol. The van der Waals surface area contributed by atoms with Crippen molar-refractivity contribution >= 4 is 21.8 Å². The van der Waals surface area contributed by atoms with E-state index in [-0.39, 0.29) is 11.4 Å². The molecule has 2 aliphatic heterocycles. The van der Waals surface area contributed by atoms with Crippen molar-refractivity contribution in [3.05, 3.63) is 33.8 Å². The number of fused-ring (bicyclic) bond motifs is 2. The Kier molecular flexibility index (Phi) is 2.52. The van der Waals surface area contributed by atoms with Gasteiger partial charge in [-0.1, -0.05) is 15.9 Å². The molecule has 3 rings (SSSR count). The third kappa shape index (κ3) is 1.47. The summed E-state index contributed by atoms with van der Waals surface area (Å²) >= 11 is 3.49. The summed E-state index contributed by atoms with van der Waals surface area (Å²) in [5, 5.41) is 0. The van der Waals surface area contributed by atoms with E-state index in [2.05, 4.69) is 22.0 Å². The number of hydrogen-bond donors (Lipinski definition) is 0. The minimum Gasteiger partial charge on any atom is -0.381 e. The van der Waals surface area contributed by atoms with Gasteiger partial charge in [-0.3, -0.25) is 4.79 Å². The molecule has 0 radical (unpaired) electrons. The van der Waals surface area contributed by atoms with Gasteiger partial charge in [0.1, 0.15) is 0 Å². The predicted molar refractivity (Wildman–Crippen MR) is 68.0 cm³/mol. The molecule has 1 fully saturated rings. The first-order chi connectivity index (χ1) is 8.15. The first-order valence-corrected chi connectivity index (χ1v) is 6.60. The summed E-state index contributed by atoms with van der Waals surface area (Å²) in [5.74, 6) is 0.134. The van der Waals surface area contributed by atoms with Gasteiger partial charge in [0, 0.05) is 30.3 Å². The normalized spacial score (nSPS) is 22.0. The van der Waals surface area contributed by atoms with Gasteiger partial charge in [0.2, 0.25) is 0 Å². The summed E-state index contributed by atoms with van der Waals surface area (Å²) in [6, 6.07) is 5.94. The molecule has 0 aromatic heterocycles. The molecule has 1 aromatic rings. The fourth-order valence-corrected chi connectivity index (χ4v) is 3.32. The molecule has 17 heavy (non-hydrogen) atoms. The van der Waals surface area contributed by atoms with Crippen LogP contribution in [0.15, 0.2) is 22.7 Å². The largest absolute Gasteiger partial charge is 0.381 e. The third-order valence-electron chi connectivity index (χ3n) is 3.98. The van der Waals surface area contributed by atoms with Crippen LogP contribution >= 0.6 is 15.9 Å². The smallest absolute Gasteiger partial charge is 0.254 e. The molecule has 90 valence electrons. The Morgan fingerprint density at radius 3 is 2.76 bits per heavy atom. The number of halogens is 1. The average Bonchev–Trinajstić information content (AvgIpc) is 2.54. The van der Waals surface area contributed by atoms with Crippen LogP contribution in [0.4, 0.5) is 0 Å². The highest BCUT2D eigenvalue weighted by Crippen LogP contribution is 2.45. The second-order valence-electron chi connectivity index (χ2n) is 4.70. The van der Waals surface area contributed by atoms with E-state index in [9.17, 15) is 4.79 Å². The molecule has 1 aromatic carbocycles. The van der Waals surface area contributed by atoms with Crippen LogP contribution in [0.2, 0.25) is 0 Å². The van der Waals surface area contributed by atoms with E-state index in [1.807, 2.05) is 24.1 Å². The first kappa shape index (κ1) is 11.2. The van der Waals surface area contributed by atoms with E-state index in [0.717, 1.165) is 41.7 Å². The van der Waals surface area contributed by atoms with Crippen molar-refractivity contribution in [2.45, 2.75) is 18.4 Å². The second kappa shape index (κ2) is 3.82. The molecular weight excluding hydrogens is 282 g/mol. The zero-order valence-corrected chi connectivity index (χ0v) is 11.3. The maximum absolute atomic E-state index is 12.3. The molecule has 1 saturated heterocycles. The Morgan fingerprint density at radius 2 is 2.06 bits per heavy atom. The van der Waals surface area contributed by atoms with E-state index >= 15 is 0 Å². The summed E-state index contributed by atoms with van der Waals surface area (Å²) in [5.41, 5.74) is 1.86. The van der Waals surface area contributed by atoms with Crippen molar-refractivity contribution in [3.8, 4) is 0 Å². The molecule has 1 spiro atoms. The van der Waals surface area contributed by atoms with Crippen LogP contribution in [0.25, 0.3) is 0 Å². The number of amides is 1. The zero-order valence-electron chi connectivity index (χ0n) is 9.70. The predicted octanol–water partition coefficient (Wildman–Crippen LogP) is 2.54. The van der Waals surface area contributed by atoms with Crippen LogP contribution in [0.1, 0.15) is 28.8 Å². The highest BCUT2D eigenvalue weighted by molar-refractivity contribution is 9.10. The van der Waals surface area contributed by atoms with Gasteiger partial charge in [0.25, 0.3) is 5.91 Å². The lowest BCUT2D eigenvalue weighted by Crippen LogP contribution is -2.45. The zero-order chi connectivity index (χ0) is 12.0. The molecule has 0 saturated carbocycles. The van der Waals surface area contributed by atoms with E-state index in [0.29, 0.717) is 0 Å². The van der Waals surface area contributed by atoms with E-state index in [4.69, 9.17) is 4.74 Å². The molecule has 1 amide bonds. The van der Waals surface area contributed by atoms with Crippen LogP contribution in [-0.2, 0) is 10.3 Å². The lowest BCUT2D eigenvalue weighted by atomic mass is 9.83. The van der Waals surface area contributed by atoms with Gasteiger partial charge < -0.3 is 9.64 Å². The highest BCUT2D eigenvalue weighted by Gasteiger charge is 2.48. The Bertz CT molecular complexity index is 480. The van der Waals surface area contributed by atoms with Crippen LogP contribution < -0.4 is 0 Å². The van der Waals surface area contributed by atoms with Gasteiger partial charge in [-0.15, -0.1) is 0 Å². The molecule has 3 nitrogen and oxygen atoms in total. The number of ether oxygens (including phenoxy) is 1. The summed E-state index contributed by atoms with van der Waals surface area (Å²) in [4.78, 5) is 14.1. The first-order valence-electron chi connectivity index (χ1n) is 5.81. The topological polar surface area (TPSA) is 29.5 Å². The van der Waals surface area contributed by atoms with E-state index < -0.39 is 0 Å². The number of benzene rings is 1. The number of rotatable bonds is 0. The standard InChI is InChI=1S/C13H14BrNO2/c1-15-12(16)10-3-2-9(14)8-11(10)13(15)4-6-17-7-5-13/h2-3,8H,4-7H2,1H3. The molecule has 0 N–H and O–H groups in total. The minimum atomic E-state index is -0.144. The Hall–Kier alpha value is -0.870. The van der Waals surface area contributed by atoms with Crippen molar-refractivity contribution in [2.75, 3.05) is 20.3 Å². The van der Waals surface area contributed by atoms with E-state index in [1.165, 1.54) is 0 Å². The molecule has 4 heteroatoms. The SMILES string of the molecule is CN1C(=O)c2ccc(Br)cc2C12CCOCC2. The lowest BCUT2D eigenvalue weighted by molar-refractivity contribution is -0.00600.